The lowest BCUT2D eigenvalue weighted by molar-refractivity contribution is -0.123. The molecule has 18 heavy (non-hydrogen) atoms. The summed E-state index contributed by atoms with van der Waals surface area (Å²) in [6.45, 7) is 0.521. The van der Waals surface area contributed by atoms with Crippen LogP contribution in [0.1, 0.15) is 12.0 Å². The van der Waals surface area contributed by atoms with Crippen molar-refractivity contribution in [1.82, 2.24) is 10.6 Å². The molecule has 0 saturated carbocycles. The van der Waals surface area contributed by atoms with Gasteiger partial charge in [0, 0.05) is 13.1 Å². The van der Waals surface area contributed by atoms with E-state index >= 15 is 0 Å². The van der Waals surface area contributed by atoms with Crippen LogP contribution < -0.4 is 10.6 Å². The number of hydrogen-bond acceptors (Lipinski definition) is 3. The summed E-state index contributed by atoms with van der Waals surface area (Å²) in [6.07, 6.45) is -0.145. The van der Waals surface area contributed by atoms with Gasteiger partial charge in [-0.25, -0.2) is 8.78 Å². The quantitative estimate of drug-likeness (QED) is 0.729. The van der Waals surface area contributed by atoms with Gasteiger partial charge in [-0.3, -0.25) is 4.79 Å². The summed E-state index contributed by atoms with van der Waals surface area (Å²) in [5.41, 5.74) is 0.487. The average Bonchev–Trinajstić information content (AvgIpc) is 2.77. The Kier molecular flexibility index (Phi) is 3.88. The molecule has 2 atom stereocenters. The number of carbonyl (C=O) groups is 1. The number of carbonyl (C=O) groups excluding carboxylic acids is 1. The van der Waals surface area contributed by atoms with Gasteiger partial charge >= 0.3 is 0 Å². The number of benzene rings is 1. The fourth-order valence-corrected chi connectivity index (χ4v) is 1.88. The molecule has 98 valence electrons. The Morgan fingerprint density at radius 1 is 1.44 bits per heavy atom. The van der Waals surface area contributed by atoms with Gasteiger partial charge < -0.3 is 15.7 Å². The smallest absolute Gasteiger partial charge is 0.237 e. The molecule has 0 radical (unpaired) electrons. The number of β-amino-alcohol motifs (C(OH)–C–C–N with tert-alkyl or cyclic N) is 1. The Bertz CT molecular complexity index is 454. The predicted octanol–water partition coefficient (Wildman–Crippen LogP) is 0.304. The normalized spacial score (nSPS) is 23.1. The molecule has 0 aliphatic carbocycles. The van der Waals surface area contributed by atoms with E-state index in [1.165, 1.54) is 6.07 Å². The Balaban J connectivity index is 1.87. The summed E-state index contributed by atoms with van der Waals surface area (Å²) in [5, 5.41) is 14.7. The van der Waals surface area contributed by atoms with Gasteiger partial charge in [-0.15, -0.1) is 0 Å². The van der Waals surface area contributed by atoms with E-state index in [-0.39, 0.29) is 12.5 Å². The van der Waals surface area contributed by atoms with Crippen molar-refractivity contribution in [3.05, 3.63) is 35.4 Å². The van der Waals surface area contributed by atoms with Crippen molar-refractivity contribution in [1.29, 1.82) is 0 Å². The molecule has 1 aliphatic heterocycles. The first kappa shape index (κ1) is 12.9. The summed E-state index contributed by atoms with van der Waals surface area (Å²) < 4.78 is 25.6. The molecule has 0 spiro atoms. The Morgan fingerprint density at radius 2 is 2.22 bits per heavy atom. The first-order chi connectivity index (χ1) is 8.56. The van der Waals surface area contributed by atoms with Gasteiger partial charge in [-0.1, -0.05) is 6.07 Å². The Labute approximate surface area is 103 Å². The lowest BCUT2D eigenvalue weighted by atomic mass is 10.1. The molecule has 4 nitrogen and oxygen atoms in total. The highest BCUT2D eigenvalue weighted by molar-refractivity contribution is 5.82. The molecule has 0 aromatic heterocycles. The molecular formula is C12H14F2N2O2. The third-order valence-electron chi connectivity index (χ3n) is 2.87. The van der Waals surface area contributed by atoms with Crippen LogP contribution in [-0.4, -0.2) is 29.7 Å². The van der Waals surface area contributed by atoms with Crippen molar-refractivity contribution in [3.63, 3.8) is 0 Å². The lowest BCUT2D eigenvalue weighted by Gasteiger charge is -2.11. The van der Waals surface area contributed by atoms with Crippen LogP contribution in [0.2, 0.25) is 0 Å². The van der Waals surface area contributed by atoms with E-state index in [2.05, 4.69) is 10.6 Å². The highest BCUT2D eigenvalue weighted by Gasteiger charge is 2.27. The third kappa shape index (κ3) is 3.02. The minimum absolute atomic E-state index is 0.129. The second-order valence-corrected chi connectivity index (χ2v) is 4.32. The molecule has 2 unspecified atom stereocenters. The topological polar surface area (TPSA) is 61.4 Å². The molecule has 3 N–H and O–H groups in total. The number of nitrogens with one attached hydrogen (secondary N) is 2. The van der Waals surface area contributed by atoms with Gasteiger partial charge in [0.1, 0.15) is 0 Å². The van der Waals surface area contributed by atoms with Gasteiger partial charge in [0.15, 0.2) is 11.6 Å². The van der Waals surface area contributed by atoms with Crippen LogP contribution in [0.5, 0.6) is 0 Å². The predicted molar refractivity (Wildman–Crippen MR) is 60.6 cm³/mol. The maximum Gasteiger partial charge on any atom is 0.237 e. The summed E-state index contributed by atoms with van der Waals surface area (Å²) in [7, 11) is 0. The molecule has 1 aliphatic rings. The van der Waals surface area contributed by atoms with E-state index in [0.717, 1.165) is 12.1 Å². The van der Waals surface area contributed by atoms with Gasteiger partial charge in [0.2, 0.25) is 5.91 Å². The van der Waals surface area contributed by atoms with Crippen molar-refractivity contribution in [2.24, 2.45) is 0 Å². The standard InChI is InChI=1S/C12H14F2N2O2/c13-9-2-1-7(3-10(9)14)5-16-12(18)11-4-8(17)6-15-11/h1-3,8,11,15,17H,4-6H2,(H,16,18). The number of halogens is 2. The molecule has 1 aromatic rings. The average molecular weight is 256 g/mol. The van der Waals surface area contributed by atoms with E-state index in [4.69, 9.17) is 0 Å². The van der Waals surface area contributed by atoms with E-state index in [0.29, 0.717) is 18.5 Å². The largest absolute Gasteiger partial charge is 0.392 e. The van der Waals surface area contributed by atoms with E-state index in [1.807, 2.05) is 0 Å². The van der Waals surface area contributed by atoms with Crippen LogP contribution in [0.4, 0.5) is 8.78 Å². The SMILES string of the molecule is O=C(NCc1ccc(F)c(F)c1)C1CC(O)CN1. The molecule has 1 saturated heterocycles. The van der Waals surface area contributed by atoms with Crippen LogP contribution in [0.3, 0.4) is 0 Å². The van der Waals surface area contributed by atoms with Crippen LogP contribution in [0.25, 0.3) is 0 Å². The second kappa shape index (κ2) is 5.41. The summed E-state index contributed by atoms with van der Waals surface area (Å²) in [4.78, 5) is 11.7. The van der Waals surface area contributed by atoms with Gasteiger partial charge in [0.05, 0.1) is 12.1 Å². The van der Waals surface area contributed by atoms with Crippen molar-refractivity contribution < 1.29 is 18.7 Å². The number of aliphatic hydroxyl groups excluding tert-OH is 1. The van der Waals surface area contributed by atoms with Crippen molar-refractivity contribution in [3.8, 4) is 0 Å². The van der Waals surface area contributed by atoms with E-state index < -0.39 is 23.8 Å². The minimum atomic E-state index is -0.934. The summed E-state index contributed by atoms with van der Waals surface area (Å²) >= 11 is 0. The Morgan fingerprint density at radius 3 is 2.83 bits per heavy atom. The number of amides is 1. The van der Waals surface area contributed by atoms with Crippen molar-refractivity contribution in [2.45, 2.75) is 25.1 Å². The third-order valence-corrected chi connectivity index (χ3v) is 2.87. The van der Waals surface area contributed by atoms with E-state index in [9.17, 15) is 18.7 Å². The van der Waals surface area contributed by atoms with Gasteiger partial charge in [-0.2, -0.15) is 0 Å². The molecule has 1 fully saturated rings. The van der Waals surface area contributed by atoms with Crippen LogP contribution in [-0.2, 0) is 11.3 Å². The molecule has 0 bridgehead atoms. The monoisotopic (exact) mass is 256 g/mol. The van der Waals surface area contributed by atoms with Crippen LogP contribution in [0.15, 0.2) is 18.2 Å². The van der Waals surface area contributed by atoms with Crippen LogP contribution in [0, 0.1) is 11.6 Å². The fourth-order valence-electron chi connectivity index (χ4n) is 1.88. The number of hydrogen-bond donors (Lipinski definition) is 3. The second-order valence-electron chi connectivity index (χ2n) is 4.32. The van der Waals surface area contributed by atoms with Crippen LogP contribution >= 0.6 is 0 Å². The maximum absolute atomic E-state index is 12.9. The van der Waals surface area contributed by atoms with Gasteiger partial charge in [0.25, 0.3) is 0 Å². The molecule has 1 heterocycles. The van der Waals surface area contributed by atoms with Crippen molar-refractivity contribution in [2.75, 3.05) is 6.54 Å². The maximum atomic E-state index is 12.9. The fraction of sp³-hybridized carbons (Fsp3) is 0.417. The number of rotatable bonds is 3. The zero-order chi connectivity index (χ0) is 13.1. The molecule has 2 rings (SSSR count). The first-order valence-corrected chi connectivity index (χ1v) is 5.69. The lowest BCUT2D eigenvalue weighted by Crippen LogP contribution is -2.40. The summed E-state index contributed by atoms with van der Waals surface area (Å²) in [6, 6.07) is 3.06. The molecule has 6 heteroatoms. The number of aliphatic hydroxyl groups is 1. The van der Waals surface area contributed by atoms with Gasteiger partial charge in [-0.05, 0) is 24.1 Å². The van der Waals surface area contributed by atoms with Crippen molar-refractivity contribution >= 4 is 5.91 Å². The first-order valence-electron chi connectivity index (χ1n) is 5.69. The zero-order valence-electron chi connectivity index (χ0n) is 9.62. The minimum Gasteiger partial charge on any atom is -0.392 e. The highest BCUT2D eigenvalue weighted by atomic mass is 19.2. The molecule has 1 aromatic carbocycles. The Hall–Kier alpha value is -1.53. The van der Waals surface area contributed by atoms with E-state index in [1.54, 1.807) is 0 Å². The summed E-state index contributed by atoms with van der Waals surface area (Å²) in [5.74, 6) is -2.10. The highest BCUT2D eigenvalue weighted by Crippen LogP contribution is 2.09. The molecule has 1 amide bonds. The molecular weight excluding hydrogens is 242 g/mol. The zero-order valence-corrected chi connectivity index (χ0v) is 9.62.